The average molecular weight is 235 g/mol. The van der Waals surface area contributed by atoms with Gasteiger partial charge in [0.15, 0.2) is 0 Å². The van der Waals surface area contributed by atoms with Gasteiger partial charge in [-0.15, -0.1) is 0 Å². The molecule has 2 N–H and O–H groups in total. The summed E-state index contributed by atoms with van der Waals surface area (Å²) in [5, 5.41) is 0. The minimum atomic E-state index is -0.339. The van der Waals surface area contributed by atoms with Gasteiger partial charge < -0.3 is 14.9 Å². The third-order valence-corrected chi connectivity index (χ3v) is 2.38. The molecule has 1 atom stereocenters. The maximum absolute atomic E-state index is 12.9. The van der Waals surface area contributed by atoms with Crippen LogP contribution in [0.25, 0.3) is 0 Å². The van der Waals surface area contributed by atoms with Crippen LogP contribution in [0.5, 0.6) is 0 Å². The fourth-order valence-corrected chi connectivity index (χ4v) is 1.61. The van der Waals surface area contributed by atoms with Crippen molar-refractivity contribution in [1.29, 1.82) is 0 Å². The molecule has 2 rings (SSSR count). The molecular weight excluding hydrogens is 221 g/mol. The lowest BCUT2D eigenvalue weighted by Crippen LogP contribution is -2.13. The Kier molecular flexibility index (Phi) is 3.90. The van der Waals surface area contributed by atoms with E-state index >= 15 is 0 Å². The maximum atomic E-state index is 12.9. The quantitative estimate of drug-likeness (QED) is 0.866. The van der Waals surface area contributed by atoms with Crippen LogP contribution in [-0.4, -0.2) is 13.2 Å². The summed E-state index contributed by atoms with van der Waals surface area (Å²) in [5.74, 6) is 0.413. The SMILES string of the molecule is NCCOC(c1ccc(F)cc1)c1ccco1. The summed E-state index contributed by atoms with van der Waals surface area (Å²) in [4.78, 5) is 0. The smallest absolute Gasteiger partial charge is 0.140 e. The van der Waals surface area contributed by atoms with Crippen molar-refractivity contribution in [1.82, 2.24) is 0 Å². The Morgan fingerprint density at radius 3 is 2.59 bits per heavy atom. The van der Waals surface area contributed by atoms with Gasteiger partial charge in [-0.25, -0.2) is 4.39 Å². The first kappa shape index (κ1) is 11.8. The van der Waals surface area contributed by atoms with Crippen LogP contribution in [-0.2, 0) is 4.74 Å². The first-order chi connectivity index (χ1) is 8.31. The van der Waals surface area contributed by atoms with Crippen molar-refractivity contribution in [2.45, 2.75) is 6.10 Å². The van der Waals surface area contributed by atoms with Crippen molar-refractivity contribution in [2.75, 3.05) is 13.2 Å². The van der Waals surface area contributed by atoms with Gasteiger partial charge in [0.1, 0.15) is 17.7 Å². The molecule has 4 heteroatoms. The summed E-state index contributed by atoms with van der Waals surface area (Å²) < 4.78 is 23.8. The summed E-state index contributed by atoms with van der Waals surface area (Å²) in [6.45, 7) is 0.848. The van der Waals surface area contributed by atoms with Crippen LogP contribution >= 0.6 is 0 Å². The van der Waals surface area contributed by atoms with Crippen molar-refractivity contribution in [2.24, 2.45) is 5.73 Å². The highest BCUT2D eigenvalue weighted by molar-refractivity contribution is 5.25. The zero-order valence-electron chi connectivity index (χ0n) is 9.30. The van der Waals surface area contributed by atoms with E-state index in [9.17, 15) is 4.39 Å². The second-order valence-electron chi connectivity index (χ2n) is 3.61. The van der Waals surface area contributed by atoms with Crippen LogP contribution in [0.3, 0.4) is 0 Å². The van der Waals surface area contributed by atoms with Crippen LogP contribution in [0.15, 0.2) is 47.1 Å². The van der Waals surface area contributed by atoms with Crippen molar-refractivity contribution < 1.29 is 13.5 Å². The van der Waals surface area contributed by atoms with Crippen LogP contribution in [0.2, 0.25) is 0 Å². The molecule has 0 aliphatic heterocycles. The second kappa shape index (κ2) is 5.61. The first-order valence-corrected chi connectivity index (χ1v) is 5.42. The van der Waals surface area contributed by atoms with E-state index in [0.717, 1.165) is 5.56 Å². The number of furan rings is 1. The lowest BCUT2D eigenvalue weighted by Gasteiger charge is -2.15. The van der Waals surface area contributed by atoms with Gasteiger partial charge in [0.05, 0.1) is 12.9 Å². The fourth-order valence-electron chi connectivity index (χ4n) is 1.61. The van der Waals surface area contributed by atoms with Gasteiger partial charge in [-0.05, 0) is 29.8 Å². The molecule has 0 saturated heterocycles. The molecule has 1 heterocycles. The van der Waals surface area contributed by atoms with E-state index in [2.05, 4.69) is 0 Å². The molecule has 0 fully saturated rings. The first-order valence-electron chi connectivity index (χ1n) is 5.42. The molecular formula is C13H14FNO2. The number of hydrogen-bond acceptors (Lipinski definition) is 3. The number of rotatable bonds is 5. The lowest BCUT2D eigenvalue weighted by molar-refractivity contribution is 0.0709. The zero-order valence-corrected chi connectivity index (χ0v) is 9.30. The van der Waals surface area contributed by atoms with E-state index in [-0.39, 0.29) is 11.9 Å². The van der Waals surface area contributed by atoms with Crippen LogP contribution in [0, 0.1) is 5.82 Å². The number of halogens is 1. The highest BCUT2D eigenvalue weighted by Crippen LogP contribution is 2.26. The van der Waals surface area contributed by atoms with Crippen molar-refractivity contribution >= 4 is 0 Å². The molecule has 1 aromatic carbocycles. The Balaban J connectivity index is 2.23. The Morgan fingerprint density at radius 2 is 2.00 bits per heavy atom. The van der Waals surface area contributed by atoms with E-state index in [4.69, 9.17) is 14.9 Å². The molecule has 17 heavy (non-hydrogen) atoms. The van der Waals surface area contributed by atoms with Gasteiger partial charge in [-0.2, -0.15) is 0 Å². The van der Waals surface area contributed by atoms with Gasteiger partial charge in [-0.1, -0.05) is 12.1 Å². The Labute approximate surface area is 99.0 Å². The standard InChI is InChI=1S/C13H14FNO2/c14-11-5-3-10(4-6-11)13(17-9-7-15)12-2-1-8-16-12/h1-6,8,13H,7,9,15H2. The van der Waals surface area contributed by atoms with Crippen molar-refractivity contribution in [3.63, 3.8) is 0 Å². The van der Waals surface area contributed by atoms with E-state index in [1.165, 1.54) is 12.1 Å². The van der Waals surface area contributed by atoms with E-state index in [1.807, 2.05) is 6.07 Å². The fraction of sp³-hybridized carbons (Fsp3) is 0.231. The molecule has 3 nitrogen and oxygen atoms in total. The van der Waals surface area contributed by atoms with Crippen LogP contribution in [0.1, 0.15) is 17.4 Å². The molecule has 0 radical (unpaired) electrons. The van der Waals surface area contributed by atoms with E-state index in [1.54, 1.807) is 24.5 Å². The van der Waals surface area contributed by atoms with Crippen molar-refractivity contribution in [3.05, 3.63) is 59.8 Å². The highest BCUT2D eigenvalue weighted by atomic mass is 19.1. The molecule has 0 aliphatic rings. The van der Waals surface area contributed by atoms with Crippen LogP contribution < -0.4 is 5.73 Å². The average Bonchev–Trinajstić information content (AvgIpc) is 2.85. The zero-order chi connectivity index (χ0) is 12.1. The highest BCUT2D eigenvalue weighted by Gasteiger charge is 2.17. The van der Waals surface area contributed by atoms with Gasteiger partial charge in [0.2, 0.25) is 0 Å². The van der Waals surface area contributed by atoms with Gasteiger partial charge in [0, 0.05) is 6.54 Å². The van der Waals surface area contributed by atoms with E-state index in [0.29, 0.717) is 18.9 Å². The predicted octanol–water partition coefficient (Wildman–Crippen LogP) is 2.48. The monoisotopic (exact) mass is 235 g/mol. The third-order valence-electron chi connectivity index (χ3n) is 2.38. The number of nitrogens with two attached hydrogens (primary N) is 1. The minimum absolute atomic E-state index is 0.272. The molecule has 0 bridgehead atoms. The van der Waals surface area contributed by atoms with Gasteiger partial charge in [-0.3, -0.25) is 0 Å². The number of benzene rings is 1. The minimum Gasteiger partial charge on any atom is -0.466 e. The third kappa shape index (κ3) is 2.93. The second-order valence-corrected chi connectivity index (χ2v) is 3.61. The predicted molar refractivity (Wildman–Crippen MR) is 62.0 cm³/mol. The summed E-state index contributed by atoms with van der Waals surface area (Å²) in [7, 11) is 0. The van der Waals surface area contributed by atoms with Gasteiger partial charge >= 0.3 is 0 Å². The maximum Gasteiger partial charge on any atom is 0.140 e. The molecule has 1 unspecified atom stereocenters. The molecule has 0 aliphatic carbocycles. The number of ether oxygens (including phenoxy) is 1. The Hall–Kier alpha value is -1.65. The lowest BCUT2D eigenvalue weighted by atomic mass is 10.1. The summed E-state index contributed by atoms with van der Waals surface area (Å²) in [6, 6.07) is 9.77. The van der Waals surface area contributed by atoms with E-state index < -0.39 is 0 Å². The molecule has 2 aromatic rings. The molecule has 0 amide bonds. The van der Waals surface area contributed by atoms with Crippen molar-refractivity contribution in [3.8, 4) is 0 Å². The normalized spacial score (nSPS) is 12.6. The summed E-state index contributed by atoms with van der Waals surface area (Å²) in [5.41, 5.74) is 6.26. The molecule has 0 saturated carbocycles. The summed E-state index contributed by atoms with van der Waals surface area (Å²) in [6.07, 6.45) is 1.24. The largest absolute Gasteiger partial charge is 0.466 e. The molecule has 1 aromatic heterocycles. The molecule has 90 valence electrons. The summed E-state index contributed by atoms with van der Waals surface area (Å²) >= 11 is 0. The Bertz CT molecular complexity index is 439. The Morgan fingerprint density at radius 1 is 1.24 bits per heavy atom. The topological polar surface area (TPSA) is 48.4 Å². The van der Waals surface area contributed by atoms with Gasteiger partial charge in [0.25, 0.3) is 0 Å². The molecule has 0 spiro atoms. The number of hydrogen-bond donors (Lipinski definition) is 1. The van der Waals surface area contributed by atoms with Crippen LogP contribution in [0.4, 0.5) is 4.39 Å².